The van der Waals surface area contributed by atoms with Crippen molar-refractivity contribution in [2.45, 2.75) is 31.3 Å². The average molecular weight is 527 g/mol. The third-order valence-electron chi connectivity index (χ3n) is 5.36. The van der Waals surface area contributed by atoms with Crippen molar-refractivity contribution in [2.75, 3.05) is 18.5 Å². The largest absolute Gasteiger partial charge is 0.375 e. The molecule has 1 aromatic heterocycles. The molecule has 2 aromatic carbocycles. The molecular weight excluding hydrogens is 503 g/mol. The summed E-state index contributed by atoms with van der Waals surface area (Å²) in [4.78, 5) is 4.23. The number of aliphatic hydroxyl groups excluding tert-OH is 1. The summed E-state index contributed by atoms with van der Waals surface area (Å²) >= 11 is 7.18. The van der Waals surface area contributed by atoms with Crippen molar-refractivity contribution in [3.05, 3.63) is 81.5 Å². The van der Waals surface area contributed by atoms with Crippen molar-refractivity contribution in [3.63, 3.8) is 0 Å². The van der Waals surface area contributed by atoms with Gasteiger partial charge in [0.1, 0.15) is 17.1 Å². The van der Waals surface area contributed by atoms with Crippen LogP contribution in [-0.2, 0) is 21.6 Å². The lowest BCUT2D eigenvalue weighted by Crippen LogP contribution is -2.59. The standard InChI is InChI=1S/C22H24ClFN4O4S2/c23-17-12-16(6-7-18(17)24)26-21(29)20-13-19(22-25-8-11-33-22)27-34(30,31)28(20)9-10-32-14-15-4-2-1-3-5-15/h1-8,11-12,19-21,26-27,29H,9-10,13-14H2/t19-,20+,21?/m0/s1. The second kappa shape index (κ2) is 11.1. The van der Waals surface area contributed by atoms with E-state index < -0.39 is 34.3 Å². The molecule has 34 heavy (non-hydrogen) atoms. The SMILES string of the molecule is O=S1(=O)N[C@H](c2nccs2)C[C@H](C(O)Nc2ccc(F)c(Cl)c2)N1CCOCc1ccccc1. The van der Waals surface area contributed by atoms with Gasteiger partial charge in [-0.15, -0.1) is 11.3 Å². The molecule has 0 radical (unpaired) electrons. The van der Waals surface area contributed by atoms with E-state index in [0.29, 0.717) is 17.3 Å². The third-order valence-corrected chi connectivity index (χ3v) is 8.19. The zero-order valence-electron chi connectivity index (χ0n) is 18.0. The van der Waals surface area contributed by atoms with Gasteiger partial charge in [-0.05, 0) is 30.2 Å². The van der Waals surface area contributed by atoms with Crippen LogP contribution in [0.15, 0.2) is 60.1 Å². The van der Waals surface area contributed by atoms with Gasteiger partial charge >= 0.3 is 0 Å². The first-order valence-corrected chi connectivity index (χ1v) is 13.2. The lowest BCUT2D eigenvalue weighted by molar-refractivity contribution is 0.0599. The van der Waals surface area contributed by atoms with Gasteiger partial charge in [-0.2, -0.15) is 17.4 Å². The number of hydrogen-bond acceptors (Lipinski definition) is 7. The first-order valence-electron chi connectivity index (χ1n) is 10.5. The fraction of sp³-hybridized carbons (Fsp3) is 0.318. The molecule has 182 valence electrons. The van der Waals surface area contributed by atoms with Crippen LogP contribution < -0.4 is 10.0 Å². The van der Waals surface area contributed by atoms with Gasteiger partial charge in [0.25, 0.3) is 10.2 Å². The Kier molecular flexibility index (Phi) is 8.14. The van der Waals surface area contributed by atoms with Crippen LogP contribution in [-0.4, -0.2) is 48.2 Å². The summed E-state index contributed by atoms with van der Waals surface area (Å²) in [6.45, 7) is 0.493. The van der Waals surface area contributed by atoms with Crippen molar-refractivity contribution < 1.29 is 22.7 Å². The molecule has 1 unspecified atom stereocenters. The molecule has 1 saturated heterocycles. The van der Waals surface area contributed by atoms with E-state index >= 15 is 0 Å². The van der Waals surface area contributed by atoms with Crippen LogP contribution in [0.3, 0.4) is 0 Å². The Balaban J connectivity index is 1.50. The Hall–Kier alpha value is -2.12. The topological polar surface area (TPSA) is 104 Å². The molecule has 0 spiro atoms. The monoisotopic (exact) mass is 526 g/mol. The molecule has 0 bridgehead atoms. The zero-order valence-corrected chi connectivity index (χ0v) is 20.4. The Morgan fingerprint density at radius 2 is 2.12 bits per heavy atom. The molecule has 0 saturated carbocycles. The maximum atomic E-state index is 13.5. The van der Waals surface area contributed by atoms with Gasteiger partial charge in [0.05, 0.1) is 30.3 Å². The number of thiazole rings is 1. The molecule has 2 heterocycles. The number of nitrogens with zero attached hydrogens (tertiary/aromatic N) is 2. The van der Waals surface area contributed by atoms with Crippen LogP contribution >= 0.6 is 22.9 Å². The van der Waals surface area contributed by atoms with Gasteiger partial charge in [0.2, 0.25) is 0 Å². The summed E-state index contributed by atoms with van der Waals surface area (Å²) in [6.07, 6.45) is 0.562. The number of hydrogen-bond donors (Lipinski definition) is 3. The molecule has 3 aromatic rings. The summed E-state index contributed by atoms with van der Waals surface area (Å²) in [5, 5.41) is 16.1. The van der Waals surface area contributed by atoms with Crippen molar-refractivity contribution >= 4 is 38.8 Å². The van der Waals surface area contributed by atoms with Crippen LogP contribution in [0.4, 0.5) is 10.1 Å². The van der Waals surface area contributed by atoms with Gasteiger partial charge in [-0.1, -0.05) is 41.9 Å². The number of ether oxygens (including phenoxy) is 1. The Bertz CT molecular complexity index is 1180. The molecule has 3 N–H and O–H groups in total. The van der Waals surface area contributed by atoms with Gasteiger partial charge in [-0.3, -0.25) is 0 Å². The van der Waals surface area contributed by atoms with E-state index in [0.717, 1.165) is 5.56 Å². The Morgan fingerprint density at radius 3 is 2.82 bits per heavy atom. The second-order valence-corrected chi connectivity index (χ2v) is 10.7. The highest BCUT2D eigenvalue weighted by atomic mass is 35.5. The first-order chi connectivity index (χ1) is 16.3. The zero-order chi connectivity index (χ0) is 24.1. The predicted molar refractivity (Wildman–Crippen MR) is 129 cm³/mol. The maximum Gasteiger partial charge on any atom is 0.280 e. The van der Waals surface area contributed by atoms with Crippen LogP contribution in [0.1, 0.15) is 23.0 Å². The van der Waals surface area contributed by atoms with Gasteiger partial charge < -0.3 is 15.2 Å². The Labute approximate surface area is 206 Å². The van der Waals surface area contributed by atoms with Crippen molar-refractivity contribution in [1.29, 1.82) is 0 Å². The van der Waals surface area contributed by atoms with Gasteiger partial charge in [0.15, 0.2) is 0 Å². The van der Waals surface area contributed by atoms with E-state index in [1.165, 1.54) is 33.8 Å². The predicted octanol–water partition coefficient (Wildman–Crippen LogP) is 3.53. The lowest BCUT2D eigenvalue weighted by Gasteiger charge is -2.40. The van der Waals surface area contributed by atoms with Crippen molar-refractivity contribution in [1.82, 2.24) is 14.0 Å². The molecule has 8 nitrogen and oxygen atoms in total. The molecular formula is C22H24ClFN4O4S2. The molecule has 4 rings (SSSR count). The van der Waals surface area contributed by atoms with Crippen LogP contribution in [0.2, 0.25) is 5.02 Å². The minimum absolute atomic E-state index is 0.0281. The van der Waals surface area contributed by atoms with Crippen LogP contribution in [0.25, 0.3) is 0 Å². The summed E-state index contributed by atoms with van der Waals surface area (Å²) in [5.41, 5.74) is 1.33. The van der Waals surface area contributed by atoms with E-state index in [9.17, 15) is 17.9 Å². The fourth-order valence-corrected chi connectivity index (χ4v) is 6.27. The van der Waals surface area contributed by atoms with E-state index in [-0.39, 0.29) is 24.6 Å². The van der Waals surface area contributed by atoms with E-state index in [4.69, 9.17) is 16.3 Å². The smallest absolute Gasteiger partial charge is 0.280 e. The van der Waals surface area contributed by atoms with E-state index in [1.807, 2.05) is 30.3 Å². The first kappa shape index (κ1) is 25.0. The average Bonchev–Trinajstić information content (AvgIpc) is 3.35. The molecule has 1 fully saturated rings. The van der Waals surface area contributed by atoms with E-state index in [1.54, 1.807) is 11.6 Å². The number of halogens is 2. The highest BCUT2D eigenvalue weighted by Crippen LogP contribution is 2.32. The van der Waals surface area contributed by atoms with Crippen LogP contribution in [0, 0.1) is 5.82 Å². The number of aromatic nitrogens is 1. The van der Waals surface area contributed by atoms with E-state index in [2.05, 4.69) is 15.0 Å². The summed E-state index contributed by atoms with van der Waals surface area (Å²) in [5.74, 6) is -0.591. The number of anilines is 1. The number of aliphatic hydroxyl groups is 1. The molecule has 0 aliphatic carbocycles. The highest BCUT2D eigenvalue weighted by Gasteiger charge is 2.43. The minimum Gasteiger partial charge on any atom is -0.375 e. The van der Waals surface area contributed by atoms with Gasteiger partial charge in [-0.25, -0.2) is 9.37 Å². The number of rotatable bonds is 9. The summed E-state index contributed by atoms with van der Waals surface area (Å²) in [7, 11) is -3.96. The lowest BCUT2D eigenvalue weighted by atomic mass is 10.1. The number of benzene rings is 2. The summed E-state index contributed by atoms with van der Waals surface area (Å²) in [6, 6.07) is 12.0. The second-order valence-electron chi connectivity index (χ2n) is 7.72. The minimum atomic E-state index is -3.96. The van der Waals surface area contributed by atoms with Crippen molar-refractivity contribution in [3.8, 4) is 0 Å². The third kappa shape index (κ3) is 6.11. The van der Waals surface area contributed by atoms with Gasteiger partial charge in [0, 0.05) is 23.8 Å². The highest BCUT2D eigenvalue weighted by molar-refractivity contribution is 7.87. The molecule has 1 aliphatic rings. The normalized spacial score (nSPS) is 21.3. The molecule has 12 heteroatoms. The van der Waals surface area contributed by atoms with Crippen LogP contribution in [0.5, 0.6) is 0 Å². The summed E-state index contributed by atoms with van der Waals surface area (Å²) < 4.78 is 49.3. The molecule has 1 aliphatic heterocycles. The maximum absolute atomic E-state index is 13.5. The number of nitrogens with one attached hydrogen (secondary N) is 2. The quantitative estimate of drug-likeness (QED) is 0.291. The van der Waals surface area contributed by atoms with Crippen molar-refractivity contribution in [2.24, 2.45) is 0 Å². The Morgan fingerprint density at radius 1 is 1.32 bits per heavy atom. The fourth-order valence-electron chi connectivity index (χ4n) is 3.73. The molecule has 0 amide bonds. The molecule has 3 atom stereocenters.